The zero-order chi connectivity index (χ0) is 57.4. The summed E-state index contributed by atoms with van der Waals surface area (Å²) in [5, 5.41) is 9.34. The third kappa shape index (κ3) is 46.9. The maximum Gasteiger partial charge on any atom is 0.267 e. The molecule has 0 saturated heterocycles. The maximum atomic E-state index is 9.34. The lowest BCUT2D eigenvalue weighted by molar-refractivity contribution is 0.100. The quantitative estimate of drug-likeness (QED) is 0.0476. The Morgan fingerprint density at radius 1 is 0.408 bits per heavy atom. The van der Waals surface area contributed by atoms with Gasteiger partial charge in [0.1, 0.15) is 0 Å². The Bertz CT molecular complexity index is 1400. The van der Waals surface area contributed by atoms with Crippen LogP contribution in [0, 0.1) is 17.8 Å². The molecule has 76 heavy (non-hydrogen) atoms. The number of hydrogen-bond donors (Lipinski definition) is 1. The first-order chi connectivity index (χ1) is 35.7. The predicted molar refractivity (Wildman–Crippen MR) is 354 cm³/mol. The number of aliphatic hydroxyl groups excluding tert-OH is 1. The van der Waals surface area contributed by atoms with Crippen LogP contribution in [0.5, 0.6) is 0 Å². The fraction of sp³-hybridized carbons (Fsp3) is 0.967. The highest BCUT2D eigenvalue weighted by atomic mass is 28.4. The van der Waals surface area contributed by atoms with Crippen LogP contribution in [0.25, 0.3) is 0 Å². The molecule has 454 valence electrons. The first kappa shape index (κ1) is 76.3. The summed E-state index contributed by atoms with van der Waals surface area (Å²) >= 11 is 0. The predicted octanol–water partition coefficient (Wildman–Crippen LogP) is 18.7. The number of unbranched alkanes of at least 4 members (excludes halogenated alkanes) is 16. The second kappa shape index (κ2) is 44.8. The lowest BCUT2D eigenvalue weighted by atomic mass is 9.95. The highest BCUT2D eigenvalue weighted by molar-refractivity contribution is 6.78. The fourth-order valence-corrected chi connectivity index (χ4v) is 23.5. The van der Waals surface area contributed by atoms with Crippen LogP contribution in [-0.4, -0.2) is 128 Å². The van der Waals surface area contributed by atoms with E-state index in [1.54, 1.807) is 0 Å². The van der Waals surface area contributed by atoms with Crippen LogP contribution in [0.15, 0.2) is 0 Å². The normalized spacial score (nSPS) is 15.4. The van der Waals surface area contributed by atoms with Crippen LogP contribution in [0.4, 0.5) is 0 Å². The van der Waals surface area contributed by atoms with Crippen LogP contribution in [0.3, 0.4) is 0 Å². The van der Waals surface area contributed by atoms with E-state index in [4.69, 9.17) is 31.6 Å². The molecule has 0 saturated carbocycles. The number of rotatable bonds is 54. The molecule has 0 rings (SSSR count). The second-order valence-electron chi connectivity index (χ2n) is 28.3. The van der Waals surface area contributed by atoms with Crippen molar-refractivity contribution in [2.24, 2.45) is 17.8 Å². The first-order valence-electron chi connectivity index (χ1n) is 32.1. The third-order valence-electron chi connectivity index (χ3n) is 15.0. The molecule has 8 nitrogen and oxygen atoms in total. The van der Waals surface area contributed by atoms with Crippen LogP contribution < -0.4 is 0 Å². The number of aliphatic hydroxyl groups is 1. The van der Waals surface area contributed by atoms with Crippen molar-refractivity contribution in [3.63, 3.8) is 0 Å². The lowest BCUT2D eigenvalue weighted by Crippen LogP contribution is -2.38. The molecule has 0 spiro atoms. The Kier molecular flexibility index (Phi) is 45.0. The van der Waals surface area contributed by atoms with Gasteiger partial charge in [-0.1, -0.05) is 169 Å². The van der Waals surface area contributed by atoms with E-state index >= 15 is 0 Å². The van der Waals surface area contributed by atoms with Crippen molar-refractivity contribution < 1.29 is 36.7 Å². The molecule has 0 aromatic rings. The molecule has 0 heterocycles. The van der Waals surface area contributed by atoms with Gasteiger partial charge in [-0.3, -0.25) is 0 Å². The molecule has 5 atom stereocenters. The standard InChI is InChI=1S/C61H134O8Si7/c1-19-41-58(54-67-74(10,11)12)60(72(4,5)6)43-33-29-25-21-22-26-30-34-44-61(73(7,8)9)59(45-49-64-48-38-36-46-62)53-66-71(56-69-76(16,17)18)51-40-32-28-24-23-27-31-39-50-70(55-68-75(13,14)15)65-52-57(3)42-35-37-47-63-20-2/h55-62H,19-54H2,1-18H3/b70-55-,71-56-. The van der Waals surface area contributed by atoms with E-state index < -0.39 is 58.4 Å². The van der Waals surface area contributed by atoms with Crippen molar-refractivity contribution in [3.8, 4) is 0 Å². The minimum Gasteiger partial charge on any atom is -0.550 e. The Morgan fingerprint density at radius 2 is 0.816 bits per heavy atom. The summed E-state index contributed by atoms with van der Waals surface area (Å²) in [4.78, 5) is 0. The Hall–Kier alpha value is 0.298. The molecule has 1 N–H and O–H groups in total. The Morgan fingerprint density at radius 3 is 1.24 bits per heavy atom. The topological polar surface area (TPSA) is 84.8 Å². The summed E-state index contributed by atoms with van der Waals surface area (Å²) in [7, 11) is -9.83. The largest absolute Gasteiger partial charge is 0.550 e. The average molecular weight is 1190 g/mol. The van der Waals surface area contributed by atoms with Gasteiger partial charge < -0.3 is 36.7 Å². The fourth-order valence-electron chi connectivity index (χ4n) is 10.6. The van der Waals surface area contributed by atoms with Crippen molar-refractivity contribution in [2.45, 2.75) is 309 Å². The van der Waals surface area contributed by atoms with Gasteiger partial charge in [0.15, 0.2) is 8.32 Å². The molecule has 0 radical (unpaired) electrons. The van der Waals surface area contributed by atoms with Crippen molar-refractivity contribution in [2.75, 3.05) is 52.9 Å². The van der Waals surface area contributed by atoms with Gasteiger partial charge in [-0.15, -0.1) is 0 Å². The van der Waals surface area contributed by atoms with Gasteiger partial charge in [0.25, 0.3) is 17.3 Å². The molecule has 0 aliphatic carbocycles. The molecule has 5 unspecified atom stereocenters. The minimum absolute atomic E-state index is 0.245. The molecule has 0 amide bonds. The molecular formula is C61H134O8Si7. The number of hydrogen-bond acceptors (Lipinski definition) is 8. The molecule has 0 aliphatic rings. The van der Waals surface area contributed by atoms with Crippen molar-refractivity contribution in [1.29, 1.82) is 0 Å². The van der Waals surface area contributed by atoms with Crippen molar-refractivity contribution in [1.82, 2.24) is 0 Å². The smallest absolute Gasteiger partial charge is 0.267 e. The highest BCUT2D eigenvalue weighted by Gasteiger charge is 2.35. The molecule has 0 aliphatic heterocycles. The van der Waals surface area contributed by atoms with E-state index in [-0.39, 0.29) is 6.61 Å². The molecule has 15 heteroatoms. The van der Waals surface area contributed by atoms with Gasteiger partial charge in [0.2, 0.25) is 16.6 Å². The van der Waals surface area contributed by atoms with Crippen LogP contribution in [0.2, 0.25) is 121 Å². The van der Waals surface area contributed by atoms with Crippen molar-refractivity contribution >= 4 is 70.1 Å². The van der Waals surface area contributed by atoms with E-state index in [0.29, 0.717) is 17.4 Å². The SMILES string of the molecule is CCCC(CO[Si](C)(C)C)C(CCCCCCCCCCC(C(CCOCCCCO)CO/[Si](=C\O[Si](C)(C)C)CCCCCCCCCC/[Si](=C/O[Si](C)(C)C)OCC(C)CCCCOCC)[Si](C)(C)C)[Si](C)(C)C. The maximum absolute atomic E-state index is 9.34. The lowest BCUT2D eigenvalue weighted by Gasteiger charge is -2.37. The van der Waals surface area contributed by atoms with Crippen LogP contribution in [0.1, 0.15) is 188 Å². The van der Waals surface area contributed by atoms with E-state index in [9.17, 15) is 5.11 Å². The van der Waals surface area contributed by atoms with Gasteiger partial charge in [0.05, 0.1) is 24.9 Å². The first-order valence-corrected chi connectivity index (χ1v) is 52.9. The third-order valence-corrected chi connectivity index (χ3v) is 27.7. The van der Waals surface area contributed by atoms with Gasteiger partial charge in [0, 0.05) is 55.8 Å². The molecule has 0 fully saturated rings. The van der Waals surface area contributed by atoms with E-state index in [1.165, 1.54) is 141 Å². The van der Waals surface area contributed by atoms with E-state index in [2.05, 4.69) is 131 Å². The minimum atomic E-state index is -1.71. The van der Waals surface area contributed by atoms with Gasteiger partial charge in [-0.25, -0.2) is 0 Å². The molecule has 0 aromatic carbocycles. The Balaban J connectivity index is 5.26. The molecule has 0 aromatic heterocycles. The zero-order valence-corrected chi connectivity index (χ0v) is 61.3. The van der Waals surface area contributed by atoms with Gasteiger partial charge >= 0.3 is 0 Å². The summed E-state index contributed by atoms with van der Waals surface area (Å²) in [6.45, 7) is 49.2. The Labute approximate surface area is 483 Å². The summed E-state index contributed by atoms with van der Waals surface area (Å²) in [5.41, 5.74) is 1.59. The van der Waals surface area contributed by atoms with Crippen LogP contribution >= 0.6 is 0 Å². The van der Waals surface area contributed by atoms with Crippen molar-refractivity contribution in [3.05, 3.63) is 0 Å². The summed E-state index contributed by atoms with van der Waals surface area (Å²) in [6, 6.07) is 2.29. The summed E-state index contributed by atoms with van der Waals surface area (Å²) in [5.74, 6) is 6.17. The van der Waals surface area contributed by atoms with E-state index in [1.807, 2.05) is 0 Å². The summed E-state index contributed by atoms with van der Waals surface area (Å²) < 4.78 is 44.7. The molecule has 0 bridgehead atoms. The van der Waals surface area contributed by atoms with Crippen LogP contribution in [-0.2, 0) is 31.6 Å². The zero-order valence-electron chi connectivity index (χ0n) is 54.3. The van der Waals surface area contributed by atoms with Gasteiger partial charge in [-0.2, -0.15) is 0 Å². The number of ether oxygens (including phenoxy) is 2. The second-order valence-corrected chi connectivity index (χ2v) is 56.6. The van der Waals surface area contributed by atoms with E-state index in [0.717, 1.165) is 95.5 Å². The summed E-state index contributed by atoms with van der Waals surface area (Å²) in [6.07, 6.45) is 33.0. The van der Waals surface area contributed by atoms with Gasteiger partial charge in [-0.05, 0) is 158 Å². The average Bonchev–Trinajstić information content (AvgIpc) is 3.31. The molecular weight excluding hydrogens is 1060 g/mol. The highest BCUT2D eigenvalue weighted by Crippen LogP contribution is 2.39. The monoisotopic (exact) mass is 1190 g/mol.